The number of rotatable bonds is 5. The molecule has 1 atom stereocenters. The zero-order valence-corrected chi connectivity index (χ0v) is 18.3. The van der Waals surface area contributed by atoms with Crippen LogP contribution in [-0.4, -0.2) is 55.8 Å². The Hall–Kier alpha value is -2.22. The number of para-hydroxylation sites is 1. The van der Waals surface area contributed by atoms with E-state index in [1.54, 1.807) is 0 Å². The van der Waals surface area contributed by atoms with Gasteiger partial charge in [-0.05, 0) is 51.0 Å². The number of nitrogens with zero attached hydrogens (tertiary/aromatic N) is 2. The molecular weight excluding hydrogens is 386 g/mol. The molecule has 0 saturated carbocycles. The molecule has 1 saturated heterocycles. The number of piperazine rings is 1. The monoisotopic (exact) mass is 415 g/mol. The lowest BCUT2D eigenvalue weighted by molar-refractivity contribution is -0.121. The number of carbonyl (C=O) groups is 1. The van der Waals surface area contributed by atoms with Crippen LogP contribution in [-0.2, 0) is 14.8 Å². The second-order valence-corrected chi connectivity index (χ2v) is 9.57. The van der Waals surface area contributed by atoms with Crippen molar-refractivity contribution in [3.05, 3.63) is 59.2 Å². The molecule has 0 aromatic heterocycles. The second kappa shape index (κ2) is 8.65. The summed E-state index contributed by atoms with van der Waals surface area (Å²) in [4.78, 5) is 15.0. The molecule has 29 heavy (non-hydrogen) atoms. The average molecular weight is 416 g/mol. The summed E-state index contributed by atoms with van der Waals surface area (Å²) < 4.78 is 28.0. The van der Waals surface area contributed by atoms with Crippen LogP contribution in [0.3, 0.4) is 0 Å². The fourth-order valence-electron chi connectivity index (χ4n) is 3.97. The normalized spacial score (nSPS) is 17.1. The molecule has 1 unspecified atom stereocenters. The van der Waals surface area contributed by atoms with Crippen molar-refractivity contribution in [1.82, 2.24) is 9.21 Å². The predicted molar refractivity (Wildman–Crippen MR) is 116 cm³/mol. The number of anilines is 1. The zero-order chi connectivity index (χ0) is 21.2. The van der Waals surface area contributed by atoms with Gasteiger partial charge in [0.15, 0.2) is 0 Å². The molecule has 1 N–H and O–H groups in total. The smallest absolute Gasteiger partial charge is 0.243 e. The van der Waals surface area contributed by atoms with Crippen LogP contribution in [0.15, 0.2) is 47.4 Å². The second-order valence-electron chi connectivity index (χ2n) is 7.70. The summed E-state index contributed by atoms with van der Waals surface area (Å²) in [7, 11) is -3.55. The number of aryl methyl sites for hydroxylation is 3. The van der Waals surface area contributed by atoms with Crippen molar-refractivity contribution in [3.8, 4) is 0 Å². The van der Waals surface area contributed by atoms with Crippen LogP contribution in [0.5, 0.6) is 0 Å². The molecule has 0 spiro atoms. The topological polar surface area (TPSA) is 69.7 Å². The van der Waals surface area contributed by atoms with E-state index in [2.05, 4.69) is 5.32 Å². The number of hydrogen-bond donors (Lipinski definition) is 1. The minimum Gasteiger partial charge on any atom is -0.325 e. The van der Waals surface area contributed by atoms with Crippen molar-refractivity contribution in [3.63, 3.8) is 0 Å². The van der Waals surface area contributed by atoms with Crippen molar-refractivity contribution in [1.29, 1.82) is 0 Å². The summed E-state index contributed by atoms with van der Waals surface area (Å²) in [5.74, 6) is -0.0854. The van der Waals surface area contributed by atoms with E-state index in [1.165, 1.54) is 4.31 Å². The van der Waals surface area contributed by atoms with Gasteiger partial charge in [-0.15, -0.1) is 0 Å². The molecule has 7 heteroatoms. The Morgan fingerprint density at radius 3 is 2.07 bits per heavy atom. The molecule has 1 heterocycles. The zero-order valence-electron chi connectivity index (χ0n) is 17.5. The fourth-order valence-corrected chi connectivity index (χ4v) is 5.80. The van der Waals surface area contributed by atoms with Gasteiger partial charge < -0.3 is 5.32 Å². The van der Waals surface area contributed by atoms with E-state index < -0.39 is 10.0 Å². The molecule has 156 valence electrons. The highest BCUT2D eigenvalue weighted by Gasteiger charge is 2.33. The van der Waals surface area contributed by atoms with E-state index in [1.807, 2.05) is 75.1 Å². The molecule has 1 aliphatic rings. The van der Waals surface area contributed by atoms with Crippen LogP contribution in [0, 0.1) is 20.8 Å². The Morgan fingerprint density at radius 2 is 1.52 bits per heavy atom. The highest BCUT2D eigenvalue weighted by atomic mass is 32.2. The van der Waals surface area contributed by atoms with Crippen molar-refractivity contribution in [2.75, 3.05) is 31.5 Å². The van der Waals surface area contributed by atoms with Gasteiger partial charge in [-0.1, -0.05) is 35.9 Å². The van der Waals surface area contributed by atoms with Gasteiger partial charge in [-0.25, -0.2) is 8.42 Å². The molecule has 0 aliphatic carbocycles. The first kappa shape index (κ1) is 21.5. The molecule has 6 nitrogen and oxygen atoms in total. The Morgan fingerprint density at radius 1 is 0.966 bits per heavy atom. The lowest BCUT2D eigenvalue weighted by Crippen LogP contribution is -2.54. The molecule has 1 amide bonds. The molecule has 2 aromatic rings. The van der Waals surface area contributed by atoms with Crippen LogP contribution in [0.2, 0.25) is 0 Å². The minimum absolute atomic E-state index is 0.0854. The van der Waals surface area contributed by atoms with Gasteiger partial charge >= 0.3 is 0 Å². The van der Waals surface area contributed by atoms with Crippen LogP contribution < -0.4 is 5.32 Å². The fraction of sp³-hybridized carbons (Fsp3) is 0.409. The third-order valence-electron chi connectivity index (χ3n) is 5.44. The van der Waals surface area contributed by atoms with Gasteiger partial charge in [0.05, 0.1) is 10.9 Å². The van der Waals surface area contributed by atoms with Crippen molar-refractivity contribution in [2.45, 2.75) is 38.6 Å². The van der Waals surface area contributed by atoms with Crippen molar-refractivity contribution < 1.29 is 13.2 Å². The maximum absolute atomic E-state index is 13.2. The molecule has 1 fully saturated rings. The number of carbonyl (C=O) groups excluding carboxylic acids is 1. The summed E-state index contributed by atoms with van der Waals surface area (Å²) >= 11 is 0. The maximum Gasteiger partial charge on any atom is 0.243 e. The Bertz CT molecular complexity index is 959. The quantitative estimate of drug-likeness (QED) is 0.815. The van der Waals surface area contributed by atoms with Gasteiger partial charge in [0.1, 0.15) is 0 Å². The predicted octanol–water partition coefficient (Wildman–Crippen LogP) is 2.95. The Balaban J connectivity index is 1.66. The molecule has 3 rings (SSSR count). The van der Waals surface area contributed by atoms with Gasteiger partial charge in [0.2, 0.25) is 15.9 Å². The first-order chi connectivity index (χ1) is 13.7. The van der Waals surface area contributed by atoms with Gasteiger partial charge in [-0.3, -0.25) is 9.69 Å². The van der Waals surface area contributed by atoms with E-state index in [9.17, 15) is 13.2 Å². The highest BCUT2D eigenvalue weighted by molar-refractivity contribution is 7.89. The van der Waals surface area contributed by atoms with Gasteiger partial charge in [0.25, 0.3) is 0 Å². The van der Waals surface area contributed by atoms with Crippen LogP contribution >= 0.6 is 0 Å². The highest BCUT2D eigenvalue weighted by Crippen LogP contribution is 2.26. The molecule has 2 aromatic carbocycles. The number of nitrogens with one attached hydrogen (secondary N) is 1. The Labute approximate surface area is 173 Å². The number of sulfonamides is 1. The summed E-state index contributed by atoms with van der Waals surface area (Å²) in [6.45, 7) is 9.31. The lowest BCUT2D eigenvalue weighted by Gasteiger charge is -2.37. The molecule has 0 bridgehead atoms. The van der Waals surface area contributed by atoms with Crippen molar-refractivity contribution in [2.24, 2.45) is 0 Å². The summed E-state index contributed by atoms with van der Waals surface area (Å²) in [6.07, 6.45) is 0. The van der Waals surface area contributed by atoms with E-state index >= 15 is 0 Å². The summed E-state index contributed by atoms with van der Waals surface area (Å²) in [6, 6.07) is 12.8. The number of benzene rings is 2. The number of amides is 1. The first-order valence-corrected chi connectivity index (χ1v) is 11.3. The Kier molecular flexibility index (Phi) is 6.41. The standard InChI is InChI=1S/C22H29N3O3S/c1-16-14-17(2)21(18(3)15-16)29(27,28)25-12-10-24(11-13-25)19(4)22(26)23-20-8-6-5-7-9-20/h5-9,14-15,19H,10-13H2,1-4H3,(H,23,26). The maximum atomic E-state index is 13.2. The van der Waals surface area contributed by atoms with Crippen LogP contribution in [0.1, 0.15) is 23.6 Å². The molecule has 1 aliphatic heterocycles. The summed E-state index contributed by atoms with van der Waals surface area (Å²) in [5, 5.41) is 2.91. The largest absolute Gasteiger partial charge is 0.325 e. The van der Waals surface area contributed by atoms with E-state index in [0.717, 1.165) is 22.4 Å². The lowest BCUT2D eigenvalue weighted by atomic mass is 10.1. The molecule has 0 radical (unpaired) electrons. The molecular formula is C22H29N3O3S. The number of hydrogen-bond acceptors (Lipinski definition) is 4. The van der Waals surface area contributed by atoms with E-state index in [-0.39, 0.29) is 11.9 Å². The van der Waals surface area contributed by atoms with Crippen LogP contribution in [0.25, 0.3) is 0 Å². The first-order valence-electron chi connectivity index (χ1n) is 9.88. The third kappa shape index (κ3) is 4.69. The average Bonchev–Trinajstić information content (AvgIpc) is 2.67. The summed E-state index contributed by atoms with van der Waals surface area (Å²) in [5.41, 5.74) is 3.37. The van der Waals surface area contributed by atoms with Gasteiger partial charge in [-0.2, -0.15) is 4.31 Å². The van der Waals surface area contributed by atoms with Crippen LogP contribution in [0.4, 0.5) is 5.69 Å². The van der Waals surface area contributed by atoms with E-state index in [0.29, 0.717) is 31.1 Å². The SMILES string of the molecule is Cc1cc(C)c(S(=O)(=O)N2CCN(C(C)C(=O)Nc3ccccc3)CC2)c(C)c1. The van der Waals surface area contributed by atoms with Gasteiger partial charge in [0, 0.05) is 31.9 Å². The minimum atomic E-state index is -3.55. The van der Waals surface area contributed by atoms with E-state index in [4.69, 9.17) is 0 Å². The third-order valence-corrected chi connectivity index (χ3v) is 7.65. The van der Waals surface area contributed by atoms with Crippen molar-refractivity contribution >= 4 is 21.6 Å².